The normalized spacial score (nSPS) is 12.2. The highest BCUT2D eigenvalue weighted by atomic mass is 16.6. The smallest absolute Gasteiger partial charge is 0.275 e. The fourth-order valence-electron chi connectivity index (χ4n) is 1.98. The molecule has 1 N–H and O–H groups in total. The highest BCUT2D eigenvalue weighted by Gasteiger charge is 2.18. The van der Waals surface area contributed by atoms with Crippen LogP contribution in [0.3, 0.4) is 0 Å². The van der Waals surface area contributed by atoms with E-state index in [-0.39, 0.29) is 5.69 Å². The SMILES string of the molecule is Cc1ccc(-c2ccc([N+](=O)[O-])c(C(C)O)c2)cc1. The van der Waals surface area contributed by atoms with Gasteiger partial charge in [-0.05, 0) is 37.1 Å². The topological polar surface area (TPSA) is 63.4 Å². The van der Waals surface area contributed by atoms with Gasteiger partial charge in [0.2, 0.25) is 0 Å². The molecule has 2 aromatic rings. The number of nitro benzene ring substituents is 1. The van der Waals surface area contributed by atoms with Crippen molar-refractivity contribution in [3.8, 4) is 11.1 Å². The van der Waals surface area contributed by atoms with Gasteiger partial charge in [-0.15, -0.1) is 0 Å². The van der Waals surface area contributed by atoms with Gasteiger partial charge in [-0.25, -0.2) is 0 Å². The quantitative estimate of drug-likeness (QED) is 0.674. The zero-order chi connectivity index (χ0) is 14.0. The number of aryl methyl sites for hydroxylation is 1. The maximum Gasteiger partial charge on any atom is 0.275 e. The molecule has 0 bridgehead atoms. The second-order valence-corrected chi connectivity index (χ2v) is 4.57. The Kier molecular flexibility index (Phi) is 3.62. The Morgan fingerprint density at radius 2 is 1.68 bits per heavy atom. The van der Waals surface area contributed by atoms with E-state index in [0.717, 1.165) is 16.7 Å². The number of nitro groups is 1. The lowest BCUT2D eigenvalue weighted by Crippen LogP contribution is -1.99. The molecule has 0 aromatic heterocycles. The first kappa shape index (κ1) is 13.2. The fraction of sp³-hybridized carbons (Fsp3) is 0.200. The van der Waals surface area contributed by atoms with Crippen LogP contribution in [0.5, 0.6) is 0 Å². The Morgan fingerprint density at radius 1 is 1.11 bits per heavy atom. The molecule has 0 amide bonds. The lowest BCUT2D eigenvalue weighted by Gasteiger charge is -2.09. The van der Waals surface area contributed by atoms with Crippen LogP contribution in [0.4, 0.5) is 5.69 Å². The molecule has 0 aliphatic rings. The van der Waals surface area contributed by atoms with E-state index in [1.165, 1.54) is 13.0 Å². The predicted molar refractivity (Wildman–Crippen MR) is 73.9 cm³/mol. The lowest BCUT2D eigenvalue weighted by atomic mass is 9.99. The minimum atomic E-state index is -0.870. The number of aliphatic hydroxyl groups excluding tert-OH is 1. The highest BCUT2D eigenvalue weighted by Crippen LogP contribution is 2.30. The van der Waals surface area contributed by atoms with Gasteiger partial charge < -0.3 is 5.11 Å². The van der Waals surface area contributed by atoms with Crippen molar-refractivity contribution in [2.75, 3.05) is 0 Å². The van der Waals surface area contributed by atoms with Crippen LogP contribution in [-0.2, 0) is 0 Å². The van der Waals surface area contributed by atoms with Gasteiger partial charge in [-0.3, -0.25) is 10.1 Å². The molecule has 0 aliphatic heterocycles. The van der Waals surface area contributed by atoms with Crippen molar-refractivity contribution in [2.45, 2.75) is 20.0 Å². The molecule has 0 saturated carbocycles. The van der Waals surface area contributed by atoms with Crippen LogP contribution in [0, 0.1) is 17.0 Å². The number of nitrogens with zero attached hydrogens (tertiary/aromatic N) is 1. The van der Waals surface area contributed by atoms with E-state index in [1.807, 2.05) is 31.2 Å². The minimum absolute atomic E-state index is 0.0501. The molecule has 0 spiro atoms. The molecular weight excluding hydrogens is 242 g/mol. The maximum absolute atomic E-state index is 10.9. The van der Waals surface area contributed by atoms with Crippen molar-refractivity contribution in [3.63, 3.8) is 0 Å². The monoisotopic (exact) mass is 257 g/mol. The number of aliphatic hydroxyl groups is 1. The number of hydrogen-bond donors (Lipinski definition) is 1. The third kappa shape index (κ3) is 2.80. The molecule has 2 rings (SSSR count). The summed E-state index contributed by atoms with van der Waals surface area (Å²) in [5.41, 5.74) is 3.28. The van der Waals surface area contributed by atoms with Crippen LogP contribution < -0.4 is 0 Å². The van der Waals surface area contributed by atoms with Gasteiger partial charge in [0.15, 0.2) is 0 Å². The highest BCUT2D eigenvalue weighted by molar-refractivity contribution is 5.67. The van der Waals surface area contributed by atoms with E-state index in [4.69, 9.17) is 0 Å². The van der Waals surface area contributed by atoms with Gasteiger partial charge in [-0.1, -0.05) is 29.8 Å². The van der Waals surface area contributed by atoms with Crippen LogP contribution >= 0.6 is 0 Å². The summed E-state index contributed by atoms with van der Waals surface area (Å²) in [4.78, 5) is 10.4. The van der Waals surface area contributed by atoms with Crippen LogP contribution in [0.1, 0.15) is 24.2 Å². The average molecular weight is 257 g/mol. The van der Waals surface area contributed by atoms with E-state index in [0.29, 0.717) is 5.56 Å². The Labute approximate surface area is 111 Å². The zero-order valence-electron chi connectivity index (χ0n) is 10.8. The van der Waals surface area contributed by atoms with Gasteiger partial charge in [0.1, 0.15) is 0 Å². The molecule has 4 heteroatoms. The first-order chi connectivity index (χ1) is 8.99. The predicted octanol–water partition coefficient (Wildman–Crippen LogP) is 3.62. The van der Waals surface area contributed by atoms with Crippen molar-refractivity contribution in [3.05, 3.63) is 63.7 Å². The van der Waals surface area contributed by atoms with E-state index in [1.54, 1.807) is 12.1 Å². The largest absolute Gasteiger partial charge is 0.388 e. The molecule has 0 heterocycles. The number of benzene rings is 2. The standard InChI is InChI=1S/C15H15NO3/c1-10-3-5-12(6-4-10)13-7-8-15(16(18)19)14(9-13)11(2)17/h3-9,11,17H,1-2H3. The Morgan fingerprint density at radius 3 is 2.21 bits per heavy atom. The maximum atomic E-state index is 10.9. The van der Waals surface area contributed by atoms with E-state index >= 15 is 0 Å². The van der Waals surface area contributed by atoms with Gasteiger partial charge in [0.05, 0.1) is 16.6 Å². The van der Waals surface area contributed by atoms with Crippen LogP contribution in [0.15, 0.2) is 42.5 Å². The molecule has 0 radical (unpaired) electrons. The molecule has 4 nitrogen and oxygen atoms in total. The third-order valence-corrected chi connectivity index (χ3v) is 3.06. The molecule has 0 saturated heterocycles. The first-order valence-corrected chi connectivity index (χ1v) is 6.02. The number of rotatable bonds is 3. The van der Waals surface area contributed by atoms with Crippen molar-refractivity contribution in [1.82, 2.24) is 0 Å². The zero-order valence-corrected chi connectivity index (χ0v) is 10.8. The van der Waals surface area contributed by atoms with Gasteiger partial charge >= 0.3 is 0 Å². The first-order valence-electron chi connectivity index (χ1n) is 6.02. The van der Waals surface area contributed by atoms with Crippen LogP contribution in [-0.4, -0.2) is 10.0 Å². The second-order valence-electron chi connectivity index (χ2n) is 4.57. The average Bonchev–Trinajstić information content (AvgIpc) is 2.38. The van der Waals surface area contributed by atoms with E-state index < -0.39 is 11.0 Å². The van der Waals surface area contributed by atoms with Crippen LogP contribution in [0.2, 0.25) is 0 Å². The summed E-state index contributed by atoms with van der Waals surface area (Å²) in [6, 6.07) is 12.7. The summed E-state index contributed by atoms with van der Waals surface area (Å²) in [6.45, 7) is 3.53. The molecular formula is C15H15NO3. The fourth-order valence-corrected chi connectivity index (χ4v) is 1.98. The lowest BCUT2D eigenvalue weighted by molar-refractivity contribution is -0.386. The van der Waals surface area contributed by atoms with E-state index in [9.17, 15) is 15.2 Å². The number of hydrogen-bond acceptors (Lipinski definition) is 3. The minimum Gasteiger partial charge on any atom is -0.388 e. The van der Waals surface area contributed by atoms with Crippen molar-refractivity contribution in [1.29, 1.82) is 0 Å². The van der Waals surface area contributed by atoms with Crippen molar-refractivity contribution >= 4 is 5.69 Å². The van der Waals surface area contributed by atoms with Crippen molar-refractivity contribution in [2.24, 2.45) is 0 Å². The molecule has 19 heavy (non-hydrogen) atoms. The molecule has 0 aliphatic carbocycles. The van der Waals surface area contributed by atoms with E-state index in [2.05, 4.69) is 0 Å². The second kappa shape index (κ2) is 5.20. The summed E-state index contributed by atoms with van der Waals surface area (Å²) in [7, 11) is 0. The summed E-state index contributed by atoms with van der Waals surface area (Å²) in [6.07, 6.45) is -0.870. The molecule has 1 atom stereocenters. The molecule has 2 aromatic carbocycles. The summed E-state index contributed by atoms with van der Waals surface area (Å²) >= 11 is 0. The third-order valence-electron chi connectivity index (χ3n) is 3.06. The van der Waals surface area contributed by atoms with Gasteiger partial charge in [0, 0.05) is 6.07 Å². The Balaban J connectivity index is 2.52. The Bertz CT molecular complexity index is 603. The summed E-state index contributed by atoms with van der Waals surface area (Å²) < 4.78 is 0. The van der Waals surface area contributed by atoms with Crippen molar-refractivity contribution < 1.29 is 10.0 Å². The van der Waals surface area contributed by atoms with Gasteiger partial charge in [-0.2, -0.15) is 0 Å². The van der Waals surface area contributed by atoms with Gasteiger partial charge in [0.25, 0.3) is 5.69 Å². The summed E-state index contributed by atoms with van der Waals surface area (Å²) in [5.74, 6) is 0. The van der Waals surface area contributed by atoms with Crippen LogP contribution in [0.25, 0.3) is 11.1 Å². The molecule has 0 fully saturated rings. The summed E-state index contributed by atoms with van der Waals surface area (Å²) in [5, 5.41) is 20.6. The molecule has 98 valence electrons. The Hall–Kier alpha value is -2.20. The molecule has 1 unspecified atom stereocenters.